The van der Waals surface area contributed by atoms with Crippen molar-refractivity contribution >= 4 is 11.7 Å². The predicted octanol–water partition coefficient (Wildman–Crippen LogP) is 1.45. The topological polar surface area (TPSA) is 69.0 Å². The fraction of sp³-hybridized carbons (Fsp3) is 0.533. The maximum atomic E-state index is 11.8. The third-order valence-corrected chi connectivity index (χ3v) is 3.91. The van der Waals surface area contributed by atoms with Crippen LogP contribution < -0.4 is 10.2 Å². The molecule has 2 aliphatic rings. The summed E-state index contributed by atoms with van der Waals surface area (Å²) >= 11 is 0. The highest BCUT2D eigenvalue weighted by atomic mass is 16.2. The van der Waals surface area contributed by atoms with Crippen LogP contribution >= 0.6 is 0 Å². The van der Waals surface area contributed by atoms with Crippen molar-refractivity contribution in [3.05, 3.63) is 23.9 Å². The molecule has 1 saturated heterocycles. The van der Waals surface area contributed by atoms with Crippen molar-refractivity contribution in [1.29, 1.82) is 5.26 Å². The van der Waals surface area contributed by atoms with Crippen molar-refractivity contribution in [2.24, 2.45) is 5.92 Å². The molecule has 0 aromatic carbocycles. The summed E-state index contributed by atoms with van der Waals surface area (Å²) in [6, 6.07) is 5.85. The molecule has 1 saturated carbocycles. The molecular weight excluding hydrogens is 252 g/mol. The monoisotopic (exact) mass is 270 g/mol. The van der Waals surface area contributed by atoms with Crippen molar-refractivity contribution in [3.63, 3.8) is 0 Å². The van der Waals surface area contributed by atoms with Gasteiger partial charge < -0.3 is 10.2 Å². The standard InChI is InChI=1S/C15H18N4O/c16-9-11-5-6-17-14(8-11)19-7-1-2-13(10-19)18-15(20)12-3-4-12/h5-6,8,12-13H,1-4,7,10H2,(H,18,20). The Morgan fingerprint density at radius 3 is 3.05 bits per heavy atom. The van der Waals surface area contributed by atoms with Gasteiger partial charge in [0.25, 0.3) is 0 Å². The van der Waals surface area contributed by atoms with E-state index in [9.17, 15) is 4.79 Å². The Labute approximate surface area is 118 Å². The number of pyridine rings is 1. The van der Waals surface area contributed by atoms with Crippen LogP contribution in [-0.2, 0) is 4.79 Å². The molecule has 1 unspecified atom stereocenters. The lowest BCUT2D eigenvalue weighted by atomic mass is 10.1. The zero-order chi connectivity index (χ0) is 13.9. The van der Waals surface area contributed by atoms with Gasteiger partial charge in [0.05, 0.1) is 11.6 Å². The largest absolute Gasteiger partial charge is 0.355 e. The molecule has 2 fully saturated rings. The molecule has 1 aromatic heterocycles. The molecular formula is C15H18N4O. The number of rotatable bonds is 3. The Balaban J connectivity index is 1.64. The van der Waals surface area contributed by atoms with E-state index in [1.54, 1.807) is 12.3 Å². The van der Waals surface area contributed by atoms with E-state index in [0.29, 0.717) is 5.56 Å². The number of carbonyl (C=O) groups is 1. The Morgan fingerprint density at radius 1 is 1.45 bits per heavy atom. The summed E-state index contributed by atoms with van der Waals surface area (Å²) in [5.41, 5.74) is 0.624. The first-order valence-corrected chi connectivity index (χ1v) is 7.18. The number of amides is 1. The Morgan fingerprint density at radius 2 is 2.30 bits per heavy atom. The predicted molar refractivity (Wildman–Crippen MR) is 75.1 cm³/mol. The van der Waals surface area contributed by atoms with Crippen LogP contribution in [0.15, 0.2) is 18.3 Å². The molecule has 20 heavy (non-hydrogen) atoms. The van der Waals surface area contributed by atoms with Gasteiger partial charge in [-0.1, -0.05) is 0 Å². The van der Waals surface area contributed by atoms with Crippen molar-refractivity contribution in [1.82, 2.24) is 10.3 Å². The highest BCUT2D eigenvalue weighted by Crippen LogP contribution is 2.29. The molecule has 1 aromatic rings. The second-order valence-electron chi connectivity index (χ2n) is 5.58. The number of hydrogen-bond acceptors (Lipinski definition) is 4. The van der Waals surface area contributed by atoms with Crippen molar-refractivity contribution in [3.8, 4) is 6.07 Å². The lowest BCUT2D eigenvalue weighted by molar-refractivity contribution is -0.123. The van der Waals surface area contributed by atoms with Gasteiger partial charge in [-0.2, -0.15) is 5.26 Å². The Hall–Kier alpha value is -2.09. The molecule has 0 spiro atoms. The number of anilines is 1. The van der Waals surface area contributed by atoms with Gasteiger partial charge in [-0.15, -0.1) is 0 Å². The van der Waals surface area contributed by atoms with E-state index in [1.165, 1.54) is 0 Å². The minimum Gasteiger partial charge on any atom is -0.355 e. The van der Waals surface area contributed by atoms with E-state index >= 15 is 0 Å². The molecule has 0 radical (unpaired) electrons. The maximum Gasteiger partial charge on any atom is 0.223 e. The number of hydrogen-bond donors (Lipinski definition) is 1. The molecule has 0 bridgehead atoms. The smallest absolute Gasteiger partial charge is 0.223 e. The Bertz CT molecular complexity index is 547. The van der Waals surface area contributed by atoms with Crippen molar-refractivity contribution in [2.75, 3.05) is 18.0 Å². The SMILES string of the molecule is N#Cc1ccnc(N2CCCC(NC(=O)C3CC3)C2)c1. The Kier molecular flexibility index (Phi) is 3.55. The molecule has 1 aliphatic carbocycles. The van der Waals surface area contributed by atoms with E-state index < -0.39 is 0 Å². The molecule has 5 nitrogen and oxygen atoms in total. The number of nitrogens with zero attached hydrogens (tertiary/aromatic N) is 3. The van der Waals surface area contributed by atoms with E-state index in [1.807, 2.05) is 6.07 Å². The number of carbonyl (C=O) groups excluding carboxylic acids is 1. The van der Waals surface area contributed by atoms with Crippen molar-refractivity contribution in [2.45, 2.75) is 31.7 Å². The third-order valence-electron chi connectivity index (χ3n) is 3.91. The molecule has 5 heteroatoms. The highest BCUT2D eigenvalue weighted by Gasteiger charge is 2.32. The summed E-state index contributed by atoms with van der Waals surface area (Å²) in [6.07, 6.45) is 5.79. The van der Waals surface area contributed by atoms with Crippen LogP contribution in [0, 0.1) is 17.2 Å². The first kappa shape index (κ1) is 12.9. The van der Waals surface area contributed by atoms with Gasteiger partial charge in [-0.25, -0.2) is 4.98 Å². The van der Waals surface area contributed by atoms with Gasteiger partial charge >= 0.3 is 0 Å². The van der Waals surface area contributed by atoms with E-state index in [4.69, 9.17) is 5.26 Å². The van der Waals surface area contributed by atoms with Gasteiger partial charge in [0, 0.05) is 31.2 Å². The average Bonchev–Trinajstić information content (AvgIpc) is 3.32. The number of nitrogens with one attached hydrogen (secondary N) is 1. The quantitative estimate of drug-likeness (QED) is 0.902. The lowest BCUT2D eigenvalue weighted by Crippen LogP contribution is -2.48. The van der Waals surface area contributed by atoms with Gasteiger partial charge in [-0.3, -0.25) is 4.79 Å². The molecule has 2 heterocycles. The van der Waals surface area contributed by atoms with Crippen molar-refractivity contribution < 1.29 is 4.79 Å². The average molecular weight is 270 g/mol. The maximum absolute atomic E-state index is 11.8. The molecule has 104 valence electrons. The second kappa shape index (κ2) is 5.49. The summed E-state index contributed by atoms with van der Waals surface area (Å²) in [7, 11) is 0. The van der Waals surface area contributed by atoms with E-state index in [-0.39, 0.29) is 17.9 Å². The molecule has 1 aliphatic heterocycles. The van der Waals surface area contributed by atoms with Crippen LogP contribution in [0.2, 0.25) is 0 Å². The van der Waals surface area contributed by atoms with Gasteiger partial charge in [0.1, 0.15) is 5.82 Å². The number of piperidine rings is 1. The number of nitriles is 1. The molecule has 3 rings (SSSR count). The van der Waals surface area contributed by atoms with E-state index in [2.05, 4.69) is 21.3 Å². The summed E-state index contributed by atoms with van der Waals surface area (Å²) in [5, 5.41) is 12.1. The van der Waals surface area contributed by atoms with Crippen LogP contribution in [0.4, 0.5) is 5.82 Å². The zero-order valence-corrected chi connectivity index (χ0v) is 11.4. The zero-order valence-electron chi connectivity index (χ0n) is 11.4. The van der Waals surface area contributed by atoms with Gasteiger partial charge in [0.2, 0.25) is 5.91 Å². The summed E-state index contributed by atoms with van der Waals surface area (Å²) in [6.45, 7) is 1.71. The minimum atomic E-state index is 0.199. The highest BCUT2D eigenvalue weighted by molar-refractivity contribution is 5.81. The summed E-state index contributed by atoms with van der Waals surface area (Å²) < 4.78 is 0. The molecule has 1 atom stereocenters. The number of aromatic nitrogens is 1. The second-order valence-corrected chi connectivity index (χ2v) is 5.58. The minimum absolute atomic E-state index is 0.199. The molecule has 1 amide bonds. The fourth-order valence-electron chi connectivity index (χ4n) is 2.63. The first-order chi connectivity index (χ1) is 9.76. The van der Waals surface area contributed by atoms with Crippen LogP contribution in [0.5, 0.6) is 0 Å². The third kappa shape index (κ3) is 2.90. The van der Waals surface area contributed by atoms with Crippen LogP contribution in [0.1, 0.15) is 31.2 Å². The van der Waals surface area contributed by atoms with Gasteiger partial charge in [-0.05, 0) is 37.8 Å². The molecule has 1 N–H and O–H groups in total. The van der Waals surface area contributed by atoms with E-state index in [0.717, 1.165) is 44.6 Å². The lowest BCUT2D eigenvalue weighted by Gasteiger charge is -2.34. The first-order valence-electron chi connectivity index (χ1n) is 7.18. The fourth-order valence-corrected chi connectivity index (χ4v) is 2.63. The van der Waals surface area contributed by atoms with Crippen LogP contribution in [0.3, 0.4) is 0 Å². The summed E-state index contributed by atoms with van der Waals surface area (Å²) in [4.78, 5) is 18.3. The normalized spacial score (nSPS) is 22.1. The van der Waals surface area contributed by atoms with Crippen LogP contribution in [0.25, 0.3) is 0 Å². The van der Waals surface area contributed by atoms with Crippen LogP contribution in [-0.4, -0.2) is 30.0 Å². The summed E-state index contributed by atoms with van der Waals surface area (Å²) in [5.74, 6) is 1.29. The van der Waals surface area contributed by atoms with Gasteiger partial charge in [0.15, 0.2) is 0 Å².